The number of benzene rings is 1. The lowest BCUT2D eigenvalue weighted by atomic mass is 9.94. The maximum absolute atomic E-state index is 12.4. The number of ether oxygens (including phenoxy) is 1. The minimum absolute atomic E-state index is 0.169. The molecule has 0 aromatic heterocycles. The normalized spacial score (nSPS) is 17.9. The number of piperidine rings is 1. The summed E-state index contributed by atoms with van der Waals surface area (Å²) >= 11 is 0. The van der Waals surface area contributed by atoms with Crippen LogP contribution in [0.2, 0.25) is 0 Å². The van der Waals surface area contributed by atoms with Crippen molar-refractivity contribution in [3.63, 3.8) is 0 Å². The first-order chi connectivity index (χ1) is 10.2. The fraction of sp³-hybridized carbons (Fsp3) is 0.611. The van der Waals surface area contributed by atoms with Gasteiger partial charge in [0.1, 0.15) is 0 Å². The third-order valence-corrected chi connectivity index (χ3v) is 3.83. The second kappa shape index (κ2) is 9.56. The van der Waals surface area contributed by atoms with E-state index in [2.05, 4.69) is 0 Å². The van der Waals surface area contributed by atoms with E-state index < -0.39 is 0 Å². The monoisotopic (exact) mass is 291 g/mol. The minimum atomic E-state index is 0.169. The summed E-state index contributed by atoms with van der Waals surface area (Å²) in [5, 5.41) is 0. The zero-order chi connectivity index (χ0) is 15.7. The van der Waals surface area contributed by atoms with Gasteiger partial charge >= 0.3 is 0 Å². The van der Waals surface area contributed by atoms with Crippen LogP contribution in [0.15, 0.2) is 24.3 Å². The van der Waals surface area contributed by atoms with Crippen LogP contribution >= 0.6 is 0 Å². The molecule has 3 nitrogen and oxygen atoms in total. The van der Waals surface area contributed by atoms with E-state index >= 15 is 0 Å². The number of likely N-dealkylation sites (tertiary alicyclic amines) is 1. The van der Waals surface area contributed by atoms with Gasteiger partial charge in [-0.2, -0.15) is 0 Å². The number of rotatable bonds is 4. The molecule has 0 spiro atoms. The van der Waals surface area contributed by atoms with Crippen molar-refractivity contribution in [2.24, 2.45) is 5.92 Å². The van der Waals surface area contributed by atoms with Gasteiger partial charge in [0.25, 0.3) is 5.91 Å². The zero-order valence-electron chi connectivity index (χ0n) is 13.9. The van der Waals surface area contributed by atoms with Gasteiger partial charge in [-0.15, -0.1) is 0 Å². The van der Waals surface area contributed by atoms with E-state index in [0.717, 1.165) is 38.1 Å². The topological polar surface area (TPSA) is 29.5 Å². The number of hydrogen-bond donors (Lipinski definition) is 0. The van der Waals surface area contributed by atoms with Gasteiger partial charge < -0.3 is 9.64 Å². The van der Waals surface area contributed by atoms with Crippen LogP contribution in [0.4, 0.5) is 0 Å². The Hall–Kier alpha value is -1.35. The van der Waals surface area contributed by atoms with E-state index in [-0.39, 0.29) is 5.91 Å². The third kappa shape index (κ3) is 5.50. The van der Waals surface area contributed by atoms with Gasteiger partial charge in [-0.3, -0.25) is 4.79 Å². The predicted octanol–water partition coefficient (Wildman–Crippen LogP) is 3.91. The van der Waals surface area contributed by atoms with Crippen LogP contribution in [0, 0.1) is 12.8 Å². The lowest BCUT2D eigenvalue weighted by Gasteiger charge is -2.32. The molecule has 1 atom stereocenters. The molecule has 1 fully saturated rings. The van der Waals surface area contributed by atoms with Gasteiger partial charge in [0.2, 0.25) is 0 Å². The van der Waals surface area contributed by atoms with Crippen LogP contribution in [-0.2, 0) is 4.74 Å². The summed E-state index contributed by atoms with van der Waals surface area (Å²) in [5.41, 5.74) is 1.99. The number of methoxy groups -OCH3 is 1. The molecule has 1 unspecified atom stereocenters. The molecule has 1 aromatic rings. The summed E-state index contributed by atoms with van der Waals surface area (Å²) < 4.78 is 5.13. The van der Waals surface area contributed by atoms with Gasteiger partial charge in [-0.05, 0) is 44.2 Å². The molecule has 1 saturated heterocycles. The molecule has 0 bridgehead atoms. The van der Waals surface area contributed by atoms with Crippen molar-refractivity contribution in [2.45, 2.75) is 40.0 Å². The number of nitrogens with zero attached hydrogens (tertiary/aromatic N) is 1. The van der Waals surface area contributed by atoms with Crippen LogP contribution in [-0.4, -0.2) is 37.6 Å². The number of carbonyl (C=O) groups is 1. The van der Waals surface area contributed by atoms with Crippen molar-refractivity contribution in [3.05, 3.63) is 35.4 Å². The maximum Gasteiger partial charge on any atom is 0.253 e. The lowest BCUT2D eigenvalue weighted by Crippen LogP contribution is -2.40. The zero-order valence-corrected chi connectivity index (χ0v) is 13.9. The number of amides is 1. The van der Waals surface area contributed by atoms with Gasteiger partial charge in [-0.25, -0.2) is 0 Å². The molecular weight excluding hydrogens is 262 g/mol. The number of carbonyl (C=O) groups excluding carboxylic acids is 1. The first-order valence-electron chi connectivity index (χ1n) is 8.05. The van der Waals surface area contributed by atoms with Gasteiger partial charge in [0.05, 0.1) is 0 Å². The highest BCUT2D eigenvalue weighted by molar-refractivity contribution is 5.94. The molecule has 3 heteroatoms. The molecule has 118 valence electrons. The molecule has 0 N–H and O–H groups in total. The van der Waals surface area contributed by atoms with E-state index in [1.165, 1.54) is 12.0 Å². The first-order valence-corrected chi connectivity index (χ1v) is 8.05. The number of hydrogen-bond acceptors (Lipinski definition) is 2. The summed E-state index contributed by atoms with van der Waals surface area (Å²) in [4.78, 5) is 14.4. The van der Waals surface area contributed by atoms with Crippen molar-refractivity contribution in [3.8, 4) is 0 Å². The van der Waals surface area contributed by atoms with Crippen molar-refractivity contribution >= 4 is 5.91 Å². The first kappa shape index (κ1) is 17.7. The fourth-order valence-corrected chi connectivity index (χ4v) is 2.65. The molecule has 0 aliphatic carbocycles. The Morgan fingerprint density at radius 3 is 2.57 bits per heavy atom. The molecule has 2 rings (SSSR count). The smallest absolute Gasteiger partial charge is 0.253 e. The minimum Gasteiger partial charge on any atom is -0.385 e. The van der Waals surface area contributed by atoms with E-state index in [1.807, 2.05) is 49.9 Å². The highest BCUT2D eigenvalue weighted by atomic mass is 16.5. The highest BCUT2D eigenvalue weighted by Gasteiger charge is 2.24. The molecule has 1 aliphatic rings. The average molecular weight is 291 g/mol. The second-order valence-electron chi connectivity index (χ2n) is 5.41. The van der Waals surface area contributed by atoms with E-state index in [9.17, 15) is 4.79 Å². The summed E-state index contributed by atoms with van der Waals surface area (Å²) in [7, 11) is 1.73. The Morgan fingerprint density at radius 2 is 1.95 bits per heavy atom. The second-order valence-corrected chi connectivity index (χ2v) is 5.41. The Morgan fingerprint density at radius 1 is 1.29 bits per heavy atom. The molecule has 0 radical (unpaired) electrons. The van der Waals surface area contributed by atoms with Crippen LogP contribution in [0.5, 0.6) is 0 Å². The van der Waals surface area contributed by atoms with Crippen molar-refractivity contribution < 1.29 is 9.53 Å². The Labute approximate surface area is 129 Å². The molecule has 1 heterocycles. The van der Waals surface area contributed by atoms with Crippen molar-refractivity contribution in [1.82, 2.24) is 4.90 Å². The Kier molecular flexibility index (Phi) is 8.06. The Bertz CT molecular complexity index is 414. The van der Waals surface area contributed by atoms with Crippen LogP contribution in [0.1, 0.15) is 49.0 Å². The molecule has 21 heavy (non-hydrogen) atoms. The standard InChI is InChI=1S/C16H23NO2.C2H6/c1-13-5-7-15(8-6-13)16(18)17-10-3-4-14(12-17)9-11-19-2;1-2/h5-8,14H,3-4,9-12H2,1-2H3;1-2H3. The largest absolute Gasteiger partial charge is 0.385 e. The SMILES string of the molecule is CC.COCCC1CCCN(C(=O)c2ccc(C)cc2)C1. The van der Waals surface area contributed by atoms with Crippen LogP contribution < -0.4 is 0 Å². The summed E-state index contributed by atoms with van der Waals surface area (Å²) in [5.74, 6) is 0.755. The summed E-state index contributed by atoms with van der Waals surface area (Å²) in [6, 6.07) is 7.85. The van der Waals surface area contributed by atoms with Crippen molar-refractivity contribution in [2.75, 3.05) is 26.8 Å². The van der Waals surface area contributed by atoms with Gasteiger partial charge in [0.15, 0.2) is 0 Å². The molecule has 1 amide bonds. The fourth-order valence-electron chi connectivity index (χ4n) is 2.65. The van der Waals surface area contributed by atoms with E-state index in [1.54, 1.807) is 7.11 Å². The average Bonchev–Trinajstić information content (AvgIpc) is 2.55. The molecular formula is C18H29NO2. The van der Waals surface area contributed by atoms with Crippen LogP contribution in [0.25, 0.3) is 0 Å². The van der Waals surface area contributed by atoms with Gasteiger partial charge in [-0.1, -0.05) is 31.5 Å². The van der Waals surface area contributed by atoms with Crippen LogP contribution in [0.3, 0.4) is 0 Å². The van der Waals surface area contributed by atoms with Gasteiger partial charge in [0, 0.05) is 32.4 Å². The molecule has 1 aliphatic heterocycles. The predicted molar refractivity (Wildman–Crippen MR) is 87.6 cm³/mol. The summed E-state index contributed by atoms with van der Waals surface area (Å²) in [6.45, 7) is 8.58. The quantitative estimate of drug-likeness (QED) is 0.841. The third-order valence-electron chi connectivity index (χ3n) is 3.83. The van der Waals surface area contributed by atoms with E-state index in [4.69, 9.17) is 4.74 Å². The lowest BCUT2D eigenvalue weighted by molar-refractivity contribution is 0.0642. The van der Waals surface area contributed by atoms with Crippen molar-refractivity contribution in [1.29, 1.82) is 0 Å². The Balaban J connectivity index is 0.00000106. The number of aryl methyl sites for hydroxylation is 1. The highest BCUT2D eigenvalue weighted by Crippen LogP contribution is 2.21. The molecule has 0 saturated carbocycles. The van der Waals surface area contributed by atoms with E-state index in [0.29, 0.717) is 5.92 Å². The molecule has 1 aromatic carbocycles. The maximum atomic E-state index is 12.4. The summed E-state index contributed by atoms with van der Waals surface area (Å²) in [6.07, 6.45) is 3.36.